The number of hydrogen-bond donors (Lipinski definition) is 0. The zero-order valence-corrected chi connectivity index (χ0v) is 23.5. The summed E-state index contributed by atoms with van der Waals surface area (Å²) in [5.74, 6) is 0.524. The summed E-state index contributed by atoms with van der Waals surface area (Å²) in [5, 5.41) is 0. The highest BCUT2D eigenvalue weighted by Crippen LogP contribution is 2.71. The van der Waals surface area contributed by atoms with Gasteiger partial charge in [-0.05, 0) is 111 Å². The molecule has 35 heavy (non-hydrogen) atoms. The van der Waals surface area contributed by atoms with Gasteiger partial charge in [0.05, 0.1) is 0 Å². The minimum absolute atomic E-state index is 0.0870. The van der Waals surface area contributed by atoms with Crippen LogP contribution in [0.3, 0.4) is 0 Å². The molecule has 1 aromatic carbocycles. The molecule has 3 aliphatic carbocycles. The molecule has 3 atom stereocenters. The lowest BCUT2D eigenvalue weighted by Gasteiger charge is -2.63. The smallest absolute Gasteiger partial charge is 0.0228 e. The van der Waals surface area contributed by atoms with E-state index in [1.54, 1.807) is 5.57 Å². The Morgan fingerprint density at radius 1 is 1.06 bits per heavy atom. The van der Waals surface area contributed by atoms with Crippen molar-refractivity contribution in [2.45, 2.75) is 87.0 Å². The fourth-order valence-corrected chi connectivity index (χ4v) is 7.50. The predicted molar refractivity (Wildman–Crippen MR) is 155 cm³/mol. The van der Waals surface area contributed by atoms with E-state index < -0.39 is 0 Å². The van der Waals surface area contributed by atoms with Crippen molar-refractivity contribution in [3.05, 3.63) is 95.1 Å². The Morgan fingerprint density at radius 3 is 2.34 bits per heavy atom. The topological polar surface area (TPSA) is 0 Å². The number of rotatable bonds is 5. The van der Waals surface area contributed by atoms with Gasteiger partial charge in [0.15, 0.2) is 0 Å². The Balaban J connectivity index is 1.97. The summed E-state index contributed by atoms with van der Waals surface area (Å²) >= 11 is 0. The minimum atomic E-state index is -0.0918. The fourth-order valence-electron chi connectivity index (χ4n) is 7.50. The molecule has 0 aromatic heterocycles. The number of hydrogen-bond acceptors (Lipinski definition) is 0. The molecule has 2 saturated carbocycles. The first-order chi connectivity index (χ1) is 16.3. The molecule has 0 N–H and O–H groups in total. The van der Waals surface area contributed by atoms with Crippen LogP contribution < -0.4 is 0 Å². The van der Waals surface area contributed by atoms with Crippen LogP contribution in [0.25, 0.3) is 11.1 Å². The van der Waals surface area contributed by atoms with Gasteiger partial charge in [0.1, 0.15) is 0 Å². The molecule has 186 valence electrons. The monoisotopic (exact) mass is 466 g/mol. The Bertz CT molecular complexity index is 1190. The van der Waals surface area contributed by atoms with Crippen molar-refractivity contribution in [1.29, 1.82) is 0 Å². The zero-order valence-electron chi connectivity index (χ0n) is 23.5. The largest absolute Gasteiger partial charge is 0.0980 e. The Labute approximate surface area is 215 Å². The summed E-state index contributed by atoms with van der Waals surface area (Å²) in [7, 11) is 0. The summed E-state index contributed by atoms with van der Waals surface area (Å²) in [4.78, 5) is 0. The first kappa shape index (κ1) is 25.7. The van der Waals surface area contributed by atoms with Crippen LogP contribution in [0.5, 0.6) is 0 Å². The van der Waals surface area contributed by atoms with Gasteiger partial charge in [0, 0.05) is 10.8 Å². The third kappa shape index (κ3) is 3.89. The fraction of sp³-hybridized carbons (Fsp3) is 0.486. The van der Waals surface area contributed by atoms with Gasteiger partial charge in [0.25, 0.3) is 0 Å². The lowest BCUT2D eigenvalue weighted by Crippen LogP contribution is -2.52. The van der Waals surface area contributed by atoms with E-state index in [1.165, 1.54) is 64.7 Å². The first-order valence-electron chi connectivity index (χ1n) is 13.5. The molecule has 4 rings (SSSR count). The average molecular weight is 467 g/mol. The second kappa shape index (κ2) is 8.65. The van der Waals surface area contributed by atoms with Crippen LogP contribution in [0, 0.1) is 29.1 Å². The van der Waals surface area contributed by atoms with E-state index in [0.29, 0.717) is 5.92 Å². The molecule has 1 unspecified atom stereocenters. The first-order valence-corrected chi connectivity index (χ1v) is 13.5. The lowest BCUT2D eigenvalue weighted by molar-refractivity contribution is 0.0869. The molecule has 0 aliphatic heterocycles. The maximum atomic E-state index is 4.92. The number of aryl methyl sites for hydroxylation is 1. The molecule has 2 fully saturated rings. The van der Waals surface area contributed by atoms with Gasteiger partial charge in [-0.1, -0.05) is 93.7 Å². The summed E-state index contributed by atoms with van der Waals surface area (Å²) in [5.41, 5.74) is 13.3. The molecule has 0 heteroatoms. The second-order valence-corrected chi connectivity index (χ2v) is 12.9. The Hall–Kier alpha value is -2.34. The van der Waals surface area contributed by atoms with E-state index in [4.69, 9.17) is 19.7 Å². The van der Waals surface area contributed by atoms with E-state index >= 15 is 0 Å². The molecule has 0 heterocycles. The summed E-state index contributed by atoms with van der Waals surface area (Å²) in [6.07, 6.45) is 9.44. The van der Waals surface area contributed by atoms with Crippen molar-refractivity contribution in [2.24, 2.45) is 22.2 Å². The normalized spacial score (nSPS) is 29.5. The van der Waals surface area contributed by atoms with Crippen LogP contribution in [0.1, 0.15) is 96.8 Å². The number of allylic oxidation sites excluding steroid dienone is 8. The summed E-state index contributed by atoms with van der Waals surface area (Å²) < 4.78 is 0. The molecule has 3 aliphatic rings. The van der Waals surface area contributed by atoms with Gasteiger partial charge in [-0.2, -0.15) is 0 Å². The zero-order chi connectivity index (χ0) is 25.9. The molecular weight excluding hydrogens is 420 g/mol. The van der Waals surface area contributed by atoms with Crippen molar-refractivity contribution < 1.29 is 0 Å². The molecule has 0 radical (unpaired) electrons. The minimum Gasteiger partial charge on any atom is -0.0980 e. The standard InChI is InChI=1S/C35H46/c1-22(2)14-17-35-25(6)15-16-34(28(35)9)19-18-33(10,11)21-31(34)32(27(35)8)26(7)29-12-13-30(23(3)4)24(5)20-29/h12-14,20,25H,3,7-9,15-19,21H2,1-2,4-6,10-11H3/t25?,34-,35+/m1/s1. The van der Waals surface area contributed by atoms with Crippen LogP contribution in [0.2, 0.25) is 0 Å². The van der Waals surface area contributed by atoms with Gasteiger partial charge in [0.2, 0.25) is 0 Å². The molecular formula is C35H46. The van der Waals surface area contributed by atoms with E-state index in [1.807, 2.05) is 0 Å². The van der Waals surface area contributed by atoms with E-state index in [-0.39, 0.29) is 16.2 Å². The third-order valence-corrected chi connectivity index (χ3v) is 9.73. The van der Waals surface area contributed by atoms with Gasteiger partial charge >= 0.3 is 0 Å². The third-order valence-electron chi connectivity index (χ3n) is 9.73. The highest BCUT2D eigenvalue weighted by Gasteiger charge is 2.60. The molecule has 0 saturated heterocycles. The summed E-state index contributed by atoms with van der Waals surface area (Å²) in [6, 6.07) is 6.77. The van der Waals surface area contributed by atoms with Gasteiger partial charge in [-0.25, -0.2) is 0 Å². The predicted octanol–water partition coefficient (Wildman–Crippen LogP) is 10.4. The molecule has 1 aromatic rings. The molecule has 0 nitrogen and oxygen atoms in total. The van der Waals surface area contributed by atoms with E-state index in [2.05, 4.69) is 79.3 Å². The molecule has 2 bridgehead atoms. The van der Waals surface area contributed by atoms with Crippen molar-refractivity contribution in [1.82, 2.24) is 0 Å². The quantitative estimate of drug-likeness (QED) is 0.378. The van der Waals surface area contributed by atoms with Crippen LogP contribution in [0.4, 0.5) is 0 Å². The maximum Gasteiger partial charge on any atom is 0.0228 e. The van der Waals surface area contributed by atoms with Crippen molar-refractivity contribution in [3.63, 3.8) is 0 Å². The number of fused-ring (bicyclic) bond motifs is 1. The maximum absolute atomic E-state index is 4.92. The van der Waals surface area contributed by atoms with E-state index in [0.717, 1.165) is 24.0 Å². The number of benzene rings is 1. The average Bonchev–Trinajstić information content (AvgIpc) is 2.77. The SMILES string of the molecule is C=C(C1=C2CC(C)(C)CC[C@@]23CCC(C)[C@@](CC=C(C)C)(C1=C)C3=C)c1ccc(C(=C)C)c(C)c1. The Kier molecular flexibility index (Phi) is 6.36. The van der Waals surface area contributed by atoms with Crippen LogP contribution in [0.15, 0.2) is 78.5 Å². The van der Waals surface area contributed by atoms with Gasteiger partial charge < -0.3 is 0 Å². The second-order valence-electron chi connectivity index (χ2n) is 12.9. The highest BCUT2D eigenvalue weighted by atomic mass is 14.6. The Morgan fingerprint density at radius 2 is 1.74 bits per heavy atom. The van der Waals surface area contributed by atoms with Gasteiger partial charge in [-0.15, -0.1) is 0 Å². The van der Waals surface area contributed by atoms with Crippen molar-refractivity contribution >= 4 is 11.1 Å². The van der Waals surface area contributed by atoms with Crippen LogP contribution >= 0.6 is 0 Å². The van der Waals surface area contributed by atoms with Crippen LogP contribution in [-0.4, -0.2) is 0 Å². The summed E-state index contributed by atoms with van der Waals surface area (Å²) in [6.45, 7) is 34.7. The highest BCUT2D eigenvalue weighted by molar-refractivity contribution is 5.87. The lowest BCUT2D eigenvalue weighted by atomic mass is 9.41. The molecule has 1 spiro atoms. The van der Waals surface area contributed by atoms with E-state index in [9.17, 15) is 0 Å². The molecule has 0 amide bonds. The van der Waals surface area contributed by atoms with Crippen LogP contribution in [-0.2, 0) is 0 Å². The van der Waals surface area contributed by atoms with Crippen molar-refractivity contribution in [3.8, 4) is 0 Å². The van der Waals surface area contributed by atoms with Crippen molar-refractivity contribution in [2.75, 3.05) is 0 Å². The van der Waals surface area contributed by atoms with Gasteiger partial charge in [-0.3, -0.25) is 0 Å².